The van der Waals surface area contributed by atoms with Gasteiger partial charge in [-0.15, -0.1) is 0 Å². The third kappa shape index (κ3) is 3.07. The monoisotopic (exact) mass is 216 g/mol. The van der Waals surface area contributed by atoms with Crippen molar-refractivity contribution in [2.75, 3.05) is 33.4 Å². The standard InChI is InChI=1S/C10H20N2O3/c1-3-12(2)9(14)11-10(8-13)4-6-15-7-5-10/h13H,3-8H2,1-2H3,(H,11,14). The van der Waals surface area contributed by atoms with Crippen LogP contribution in [-0.2, 0) is 4.74 Å². The van der Waals surface area contributed by atoms with E-state index in [0.29, 0.717) is 32.6 Å². The Morgan fingerprint density at radius 2 is 2.13 bits per heavy atom. The molecule has 0 aromatic heterocycles. The van der Waals surface area contributed by atoms with Crippen LogP contribution in [0.25, 0.3) is 0 Å². The Labute approximate surface area is 90.4 Å². The fourth-order valence-electron chi connectivity index (χ4n) is 1.55. The maximum absolute atomic E-state index is 11.7. The number of aliphatic hydroxyl groups is 1. The summed E-state index contributed by atoms with van der Waals surface area (Å²) in [5.74, 6) is 0. The summed E-state index contributed by atoms with van der Waals surface area (Å²) in [6.45, 7) is 3.73. The third-order valence-electron chi connectivity index (χ3n) is 2.95. The number of carbonyl (C=O) groups is 1. The van der Waals surface area contributed by atoms with Gasteiger partial charge in [-0.2, -0.15) is 0 Å². The Morgan fingerprint density at radius 3 is 2.60 bits per heavy atom. The molecule has 15 heavy (non-hydrogen) atoms. The lowest BCUT2D eigenvalue weighted by molar-refractivity contribution is 0.0153. The van der Waals surface area contributed by atoms with Crippen molar-refractivity contribution < 1.29 is 14.6 Å². The van der Waals surface area contributed by atoms with E-state index in [9.17, 15) is 9.90 Å². The third-order valence-corrected chi connectivity index (χ3v) is 2.95. The summed E-state index contributed by atoms with van der Waals surface area (Å²) in [6, 6.07) is -0.131. The molecule has 5 nitrogen and oxygen atoms in total. The van der Waals surface area contributed by atoms with Gasteiger partial charge in [0, 0.05) is 26.8 Å². The van der Waals surface area contributed by atoms with Crippen LogP contribution in [-0.4, -0.2) is 55.0 Å². The van der Waals surface area contributed by atoms with E-state index in [2.05, 4.69) is 5.32 Å². The van der Waals surface area contributed by atoms with Gasteiger partial charge in [-0.3, -0.25) is 0 Å². The minimum Gasteiger partial charge on any atom is -0.394 e. The summed E-state index contributed by atoms with van der Waals surface area (Å²) in [5.41, 5.74) is -0.487. The molecule has 0 unspecified atom stereocenters. The van der Waals surface area contributed by atoms with Crippen molar-refractivity contribution in [3.8, 4) is 0 Å². The van der Waals surface area contributed by atoms with Crippen LogP contribution in [0.5, 0.6) is 0 Å². The number of rotatable bonds is 3. The van der Waals surface area contributed by atoms with Gasteiger partial charge in [0.25, 0.3) is 0 Å². The van der Waals surface area contributed by atoms with Crippen LogP contribution < -0.4 is 5.32 Å². The molecular weight excluding hydrogens is 196 g/mol. The highest BCUT2D eigenvalue weighted by Gasteiger charge is 2.34. The Bertz CT molecular complexity index is 215. The Balaban J connectivity index is 2.55. The van der Waals surface area contributed by atoms with Crippen LogP contribution in [0.15, 0.2) is 0 Å². The molecule has 0 aromatic rings. The SMILES string of the molecule is CCN(C)C(=O)NC1(CO)CCOCC1. The zero-order chi connectivity index (χ0) is 11.3. The number of urea groups is 1. The number of hydrogen-bond acceptors (Lipinski definition) is 3. The van der Waals surface area contributed by atoms with Gasteiger partial charge in [0.2, 0.25) is 0 Å². The number of aliphatic hydroxyl groups excluding tert-OH is 1. The lowest BCUT2D eigenvalue weighted by atomic mass is 9.91. The second-order valence-corrected chi connectivity index (χ2v) is 4.00. The highest BCUT2D eigenvalue weighted by molar-refractivity contribution is 5.74. The van der Waals surface area contributed by atoms with Gasteiger partial charge in [0.1, 0.15) is 0 Å². The molecule has 0 spiro atoms. The molecule has 1 heterocycles. The first kappa shape index (κ1) is 12.3. The number of amides is 2. The molecule has 2 N–H and O–H groups in total. The summed E-state index contributed by atoms with van der Waals surface area (Å²) in [6.07, 6.45) is 1.35. The molecule has 1 aliphatic heterocycles. The van der Waals surface area contributed by atoms with Gasteiger partial charge in [-0.1, -0.05) is 0 Å². The molecule has 1 saturated heterocycles. The van der Waals surface area contributed by atoms with Gasteiger partial charge in [-0.05, 0) is 19.8 Å². The van der Waals surface area contributed by atoms with Crippen LogP contribution in [0.1, 0.15) is 19.8 Å². The quantitative estimate of drug-likeness (QED) is 0.708. The fourth-order valence-corrected chi connectivity index (χ4v) is 1.55. The molecule has 1 rings (SSSR count). The largest absolute Gasteiger partial charge is 0.394 e. The Hall–Kier alpha value is -0.810. The predicted octanol–water partition coefficient (Wildman–Crippen LogP) is 0.189. The van der Waals surface area contributed by atoms with Crippen LogP contribution in [0.2, 0.25) is 0 Å². The van der Waals surface area contributed by atoms with E-state index in [1.807, 2.05) is 6.92 Å². The van der Waals surface area contributed by atoms with Gasteiger partial charge < -0.3 is 20.1 Å². The number of carbonyl (C=O) groups excluding carboxylic acids is 1. The van der Waals surface area contributed by atoms with Gasteiger partial charge in [0.15, 0.2) is 0 Å². The number of ether oxygens (including phenoxy) is 1. The maximum atomic E-state index is 11.7. The van der Waals surface area contributed by atoms with E-state index in [0.717, 1.165) is 0 Å². The van der Waals surface area contributed by atoms with Crippen molar-refractivity contribution in [1.82, 2.24) is 10.2 Å². The summed E-state index contributed by atoms with van der Waals surface area (Å²) in [4.78, 5) is 13.3. The number of nitrogens with zero attached hydrogens (tertiary/aromatic N) is 1. The maximum Gasteiger partial charge on any atom is 0.317 e. The van der Waals surface area contributed by atoms with E-state index in [1.165, 1.54) is 0 Å². The molecule has 0 atom stereocenters. The first-order valence-electron chi connectivity index (χ1n) is 5.35. The molecule has 1 aliphatic rings. The van der Waals surface area contributed by atoms with E-state index in [1.54, 1.807) is 11.9 Å². The van der Waals surface area contributed by atoms with Crippen molar-refractivity contribution in [2.45, 2.75) is 25.3 Å². The van der Waals surface area contributed by atoms with E-state index in [-0.39, 0.29) is 12.6 Å². The number of nitrogens with one attached hydrogen (secondary N) is 1. The minimum atomic E-state index is -0.487. The summed E-state index contributed by atoms with van der Waals surface area (Å²) < 4.78 is 5.22. The Morgan fingerprint density at radius 1 is 1.53 bits per heavy atom. The van der Waals surface area contributed by atoms with Crippen LogP contribution >= 0.6 is 0 Å². The molecule has 5 heteroatoms. The van der Waals surface area contributed by atoms with Crippen molar-refractivity contribution in [3.63, 3.8) is 0 Å². The molecule has 88 valence electrons. The zero-order valence-electron chi connectivity index (χ0n) is 9.45. The van der Waals surface area contributed by atoms with Crippen molar-refractivity contribution in [3.05, 3.63) is 0 Å². The lowest BCUT2D eigenvalue weighted by Crippen LogP contribution is -2.57. The first-order valence-corrected chi connectivity index (χ1v) is 5.35. The van der Waals surface area contributed by atoms with E-state index < -0.39 is 5.54 Å². The highest BCUT2D eigenvalue weighted by Crippen LogP contribution is 2.20. The zero-order valence-corrected chi connectivity index (χ0v) is 9.45. The smallest absolute Gasteiger partial charge is 0.317 e. The van der Waals surface area contributed by atoms with E-state index >= 15 is 0 Å². The van der Waals surface area contributed by atoms with E-state index in [4.69, 9.17) is 4.74 Å². The lowest BCUT2D eigenvalue weighted by Gasteiger charge is -2.37. The minimum absolute atomic E-state index is 0.0281. The van der Waals surface area contributed by atoms with Crippen LogP contribution in [0, 0.1) is 0 Å². The average molecular weight is 216 g/mol. The van der Waals surface area contributed by atoms with Crippen molar-refractivity contribution in [1.29, 1.82) is 0 Å². The van der Waals surface area contributed by atoms with Crippen LogP contribution in [0.4, 0.5) is 4.79 Å². The Kier molecular flexibility index (Phi) is 4.35. The number of hydrogen-bond donors (Lipinski definition) is 2. The fraction of sp³-hybridized carbons (Fsp3) is 0.900. The molecule has 0 saturated carbocycles. The average Bonchev–Trinajstić information content (AvgIpc) is 2.29. The molecule has 2 amide bonds. The summed E-state index contributed by atoms with van der Waals surface area (Å²) in [5, 5.41) is 12.2. The molecule has 0 aliphatic carbocycles. The van der Waals surface area contributed by atoms with Crippen molar-refractivity contribution in [2.24, 2.45) is 0 Å². The second-order valence-electron chi connectivity index (χ2n) is 4.00. The van der Waals surface area contributed by atoms with Crippen molar-refractivity contribution >= 4 is 6.03 Å². The van der Waals surface area contributed by atoms with Gasteiger partial charge in [0.05, 0.1) is 12.1 Å². The molecule has 0 bridgehead atoms. The van der Waals surface area contributed by atoms with Gasteiger partial charge in [-0.25, -0.2) is 4.79 Å². The summed E-state index contributed by atoms with van der Waals surface area (Å²) in [7, 11) is 1.74. The van der Waals surface area contributed by atoms with Crippen LogP contribution in [0.3, 0.4) is 0 Å². The summed E-state index contributed by atoms with van der Waals surface area (Å²) >= 11 is 0. The molecule has 1 fully saturated rings. The second kappa shape index (κ2) is 5.32. The highest BCUT2D eigenvalue weighted by atomic mass is 16.5. The predicted molar refractivity (Wildman–Crippen MR) is 56.7 cm³/mol. The molecule has 0 radical (unpaired) electrons. The first-order chi connectivity index (χ1) is 7.13. The molecule has 0 aromatic carbocycles. The topological polar surface area (TPSA) is 61.8 Å². The van der Waals surface area contributed by atoms with Gasteiger partial charge >= 0.3 is 6.03 Å². The normalized spacial score (nSPS) is 19.7. The molecular formula is C10H20N2O3.